The van der Waals surface area contributed by atoms with E-state index in [1.807, 2.05) is 0 Å². The number of hydrogen-bond acceptors (Lipinski definition) is 5. The zero-order valence-electron chi connectivity index (χ0n) is 18.4. The average molecular weight is 437 g/mol. The van der Waals surface area contributed by atoms with Crippen molar-refractivity contribution in [2.45, 2.75) is 38.6 Å². The first-order chi connectivity index (χ1) is 14.5. The van der Waals surface area contributed by atoms with Gasteiger partial charge in [0.1, 0.15) is 6.54 Å². The molecule has 0 aromatic carbocycles. The van der Waals surface area contributed by atoms with Crippen LogP contribution in [0.3, 0.4) is 0 Å². The monoisotopic (exact) mass is 436 g/mol. The van der Waals surface area contributed by atoms with E-state index >= 15 is 0 Å². The van der Waals surface area contributed by atoms with E-state index in [9.17, 15) is 9.59 Å². The molecule has 2 amide bonds. The number of carbonyl (C=O) groups is 2. The molecule has 0 saturated carbocycles. The first-order valence-corrected chi connectivity index (χ1v) is 11.6. The summed E-state index contributed by atoms with van der Waals surface area (Å²) < 4.78 is 0. The molecule has 1 fully saturated rings. The van der Waals surface area contributed by atoms with Crippen molar-refractivity contribution in [1.29, 1.82) is 0 Å². The van der Waals surface area contributed by atoms with Crippen LogP contribution >= 0.6 is 11.3 Å². The summed E-state index contributed by atoms with van der Waals surface area (Å²) in [5, 5.41) is 11.9. The predicted octanol–water partition coefficient (Wildman–Crippen LogP) is 0.905. The van der Waals surface area contributed by atoms with Gasteiger partial charge in [0.05, 0.1) is 6.54 Å². The Balaban J connectivity index is 1.81. The number of likely N-dealkylation sites (N-methyl/N-ethyl adjacent to an activating group) is 1. The third-order valence-corrected chi connectivity index (χ3v) is 5.92. The highest BCUT2D eigenvalue weighted by Crippen LogP contribution is 2.10. The summed E-state index contributed by atoms with van der Waals surface area (Å²) in [5.41, 5.74) is 0. The van der Waals surface area contributed by atoms with E-state index in [0.717, 1.165) is 51.9 Å². The smallest absolute Gasteiger partial charge is 0.243 e. The number of carbonyl (C=O) groups excluding carboxylic acids is 2. The number of guanidine groups is 1. The van der Waals surface area contributed by atoms with E-state index < -0.39 is 0 Å². The van der Waals surface area contributed by atoms with E-state index in [-0.39, 0.29) is 24.4 Å². The van der Waals surface area contributed by atoms with Crippen molar-refractivity contribution in [3.63, 3.8) is 0 Å². The van der Waals surface area contributed by atoms with Gasteiger partial charge in [0, 0.05) is 51.2 Å². The standard InChI is InChI=1S/C21H36N6O2S/c1-4-10-22-19(28)16-27-12-8-17(9-13-27)25-21(24-15-20(29)26(2)3)23-11-7-18-6-5-14-30-18/h5-6,14,17H,4,7-13,15-16H2,1-3H3,(H,22,28)(H2,23,24,25). The Kier molecular flexibility index (Phi) is 10.6. The van der Waals surface area contributed by atoms with Gasteiger partial charge in [-0.25, -0.2) is 4.99 Å². The second-order valence-corrected chi connectivity index (χ2v) is 8.79. The molecule has 30 heavy (non-hydrogen) atoms. The van der Waals surface area contributed by atoms with Crippen LogP contribution in [0, 0.1) is 0 Å². The molecule has 2 rings (SSSR count). The molecule has 0 unspecified atom stereocenters. The fraction of sp³-hybridized carbons (Fsp3) is 0.667. The first-order valence-electron chi connectivity index (χ1n) is 10.7. The molecule has 1 aliphatic rings. The van der Waals surface area contributed by atoms with E-state index in [0.29, 0.717) is 12.5 Å². The molecule has 1 aromatic rings. The summed E-state index contributed by atoms with van der Waals surface area (Å²) in [7, 11) is 3.48. The lowest BCUT2D eigenvalue weighted by atomic mass is 10.1. The molecular weight excluding hydrogens is 400 g/mol. The summed E-state index contributed by atoms with van der Waals surface area (Å²) in [5.74, 6) is 0.756. The van der Waals surface area contributed by atoms with E-state index in [2.05, 4.69) is 50.3 Å². The molecule has 168 valence electrons. The summed E-state index contributed by atoms with van der Waals surface area (Å²) in [6.07, 6.45) is 3.75. The molecule has 9 heteroatoms. The fourth-order valence-electron chi connectivity index (χ4n) is 3.15. The number of hydrogen-bond donors (Lipinski definition) is 3. The molecular formula is C21H36N6O2S. The molecule has 0 spiro atoms. The van der Waals surface area contributed by atoms with Crippen molar-refractivity contribution < 1.29 is 9.59 Å². The summed E-state index contributed by atoms with van der Waals surface area (Å²) in [6, 6.07) is 4.46. The Morgan fingerprint density at radius 2 is 2.00 bits per heavy atom. The molecule has 3 N–H and O–H groups in total. The molecule has 8 nitrogen and oxygen atoms in total. The zero-order valence-corrected chi connectivity index (χ0v) is 19.3. The molecule has 0 radical (unpaired) electrons. The van der Waals surface area contributed by atoms with Crippen molar-refractivity contribution in [2.75, 3.05) is 53.4 Å². The minimum absolute atomic E-state index is 0.0257. The van der Waals surface area contributed by atoms with Gasteiger partial charge in [0.2, 0.25) is 11.8 Å². The highest BCUT2D eigenvalue weighted by atomic mass is 32.1. The number of aliphatic imine (C=N–C) groups is 1. The highest BCUT2D eigenvalue weighted by molar-refractivity contribution is 7.09. The quantitative estimate of drug-likeness (QED) is 0.375. The average Bonchev–Trinajstić information content (AvgIpc) is 3.24. The lowest BCUT2D eigenvalue weighted by Gasteiger charge is -2.32. The van der Waals surface area contributed by atoms with Gasteiger partial charge in [0.15, 0.2) is 5.96 Å². The lowest BCUT2D eigenvalue weighted by molar-refractivity contribution is -0.127. The van der Waals surface area contributed by atoms with Crippen molar-refractivity contribution in [1.82, 2.24) is 25.8 Å². The minimum Gasteiger partial charge on any atom is -0.356 e. The number of rotatable bonds is 10. The van der Waals surface area contributed by atoms with Crippen molar-refractivity contribution in [2.24, 2.45) is 4.99 Å². The number of nitrogens with zero attached hydrogens (tertiary/aromatic N) is 3. The zero-order chi connectivity index (χ0) is 21.8. The third kappa shape index (κ3) is 9.13. The molecule has 1 saturated heterocycles. The Morgan fingerprint density at radius 1 is 1.23 bits per heavy atom. The van der Waals surface area contributed by atoms with Gasteiger partial charge in [-0.2, -0.15) is 0 Å². The van der Waals surface area contributed by atoms with Crippen molar-refractivity contribution in [3.05, 3.63) is 22.4 Å². The Labute approximate surface area is 184 Å². The van der Waals surface area contributed by atoms with Gasteiger partial charge in [0.25, 0.3) is 0 Å². The third-order valence-electron chi connectivity index (χ3n) is 4.98. The minimum atomic E-state index is -0.0257. The van der Waals surface area contributed by atoms with Crippen molar-refractivity contribution >= 4 is 29.1 Å². The van der Waals surface area contributed by atoms with Crippen LogP contribution in [0.4, 0.5) is 0 Å². The van der Waals surface area contributed by atoms with Crippen LogP contribution in [-0.2, 0) is 16.0 Å². The van der Waals surface area contributed by atoms with Crippen LogP contribution in [0.2, 0.25) is 0 Å². The predicted molar refractivity (Wildman–Crippen MR) is 123 cm³/mol. The largest absolute Gasteiger partial charge is 0.356 e. The van der Waals surface area contributed by atoms with Gasteiger partial charge in [-0.05, 0) is 37.1 Å². The van der Waals surface area contributed by atoms with Crippen LogP contribution in [0.25, 0.3) is 0 Å². The molecule has 1 aromatic heterocycles. The second kappa shape index (κ2) is 13.2. The van der Waals surface area contributed by atoms with Crippen LogP contribution in [0.15, 0.2) is 22.5 Å². The summed E-state index contributed by atoms with van der Waals surface area (Å²) in [6.45, 7) is 5.88. The molecule has 1 aliphatic heterocycles. The number of nitrogens with one attached hydrogen (secondary N) is 3. The van der Waals surface area contributed by atoms with Gasteiger partial charge >= 0.3 is 0 Å². The number of thiophene rings is 1. The van der Waals surface area contributed by atoms with Crippen molar-refractivity contribution in [3.8, 4) is 0 Å². The van der Waals surface area contributed by atoms with E-state index in [1.165, 1.54) is 4.88 Å². The first kappa shape index (κ1) is 24.1. The van der Waals surface area contributed by atoms with Gasteiger partial charge in [-0.1, -0.05) is 13.0 Å². The Hall–Kier alpha value is -2.13. The van der Waals surface area contributed by atoms with Crippen LogP contribution in [0.5, 0.6) is 0 Å². The number of piperidine rings is 1. The van der Waals surface area contributed by atoms with E-state index in [1.54, 1.807) is 30.3 Å². The maximum absolute atomic E-state index is 11.9. The summed E-state index contributed by atoms with van der Waals surface area (Å²) in [4.78, 5) is 33.4. The molecule has 0 atom stereocenters. The SMILES string of the molecule is CCCNC(=O)CN1CCC(NC(=NCC(=O)N(C)C)NCCc2cccs2)CC1. The van der Waals surface area contributed by atoms with Crippen LogP contribution < -0.4 is 16.0 Å². The molecule has 0 aliphatic carbocycles. The maximum atomic E-state index is 11.9. The molecule has 0 bridgehead atoms. The lowest BCUT2D eigenvalue weighted by Crippen LogP contribution is -2.50. The normalized spacial score (nSPS) is 15.6. The van der Waals surface area contributed by atoms with E-state index in [4.69, 9.17) is 0 Å². The fourth-order valence-corrected chi connectivity index (χ4v) is 3.86. The van der Waals surface area contributed by atoms with Gasteiger partial charge in [-0.3, -0.25) is 14.5 Å². The van der Waals surface area contributed by atoms with Gasteiger partial charge < -0.3 is 20.9 Å². The highest BCUT2D eigenvalue weighted by Gasteiger charge is 2.21. The number of amides is 2. The topological polar surface area (TPSA) is 89.1 Å². The maximum Gasteiger partial charge on any atom is 0.243 e. The summed E-state index contributed by atoms with van der Waals surface area (Å²) >= 11 is 1.74. The molecule has 2 heterocycles. The van der Waals surface area contributed by atoms with Crippen LogP contribution in [-0.4, -0.2) is 87.0 Å². The Morgan fingerprint density at radius 3 is 2.63 bits per heavy atom. The Bertz CT molecular complexity index is 669. The number of likely N-dealkylation sites (tertiary alicyclic amines) is 1. The van der Waals surface area contributed by atoms with Gasteiger partial charge in [-0.15, -0.1) is 11.3 Å². The second-order valence-electron chi connectivity index (χ2n) is 7.75. The van der Waals surface area contributed by atoms with Crippen LogP contribution in [0.1, 0.15) is 31.1 Å².